The lowest BCUT2D eigenvalue weighted by atomic mass is 9.92. The van der Waals surface area contributed by atoms with Crippen LogP contribution in [0, 0.1) is 5.41 Å². The van der Waals surface area contributed by atoms with E-state index in [1.54, 1.807) is 0 Å². The Morgan fingerprint density at radius 1 is 1.32 bits per heavy atom. The Labute approximate surface area is 115 Å². The zero-order valence-corrected chi connectivity index (χ0v) is 12.8. The molecule has 0 radical (unpaired) electrons. The van der Waals surface area contributed by atoms with Gasteiger partial charge in [-0.1, -0.05) is 13.8 Å². The van der Waals surface area contributed by atoms with Crippen LogP contribution in [0.1, 0.15) is 46.0 Å². The number of amides is 1. The van der Waals surface area contributed by atoms with Gasteiger partial charge >= 0.3 is 0 Å². The molecule has 0 aromatic heterocycles. The minimum absolute atomic E-state index is 0.120. The van der Waals surface area contributed by atoms with Crippen molar-refractivity contribution in [3.63, 3.8) is 0 Å². The Morgan fingerprint density at radius 3 is 2.53 bits per heavy atom. The second kappa shape index (κ2) is 5.05. The molecule has 5 nitrogen and oxygen atoms in total. The van der Waals surface area contributed by atoms with E-state index in [4.69, 9.17) is 0 Å². The highest BCUT2D eigenvalue weighted by Crippen LogP contribution is 2.37. The van der Waals surface area contributed by atoms with Crippen LogP contribution in [0.4, 0.5) is 0 Å². The fourth-order valence-corrected chi connectivity index (χ4v) is 4.38. The van der Waals surface area contributed by atoms with E-state index in [0.29, 0.717) is 13.0 Å². The Morgan fingerprint density at radius 2 is 2.00 bits per heavy atom. The van der Waals surface area contributed by atoms with Crippen LogP contribution in [0.25, 0.3) is 0 Å². The van der Waals surface area contributed by atoms with Crippen LogP contribution in [0.2, 0.25) is 0 Å². The Hall–Kier alpha value is -0.620. The van der Waals surface area contributed by atoms with Gasteiger partial charge in [-0.3, -0.25) is 4.79 Å². The zero-order valence-electron chi connectivity index (χ0n) is 12.0. The third-order valence-corrected chi connectivity index (χ3v) is 5.54. The van der Waals surface area contributed by atoms with Gasteiger partial charge in [-0.05, 0) is 37.5 Å². The average molecular weight is 288 g/mol. The number of nitrogens with zero attached hydrogens (tertiary/aromatic N) is 1. The van der Waals surface area contributed by atoms with E-state index < -0.39 is 16.1 Å². The summed E-state index contributed by atoms with van der Waals surface area (Å²) >= 11 is 0. The molecule has 1 heterocycles. The minimum Gasteiger partial charge on any atom is -0.352 e. The minimum atomic E-state index is -3.28. The molecule has 2 fully saturated rings. The van der Waals surface area contributed by atoms with Gasteiger partial charge in [0.15, 0.2) is 0 Å². The van der Waals surface area contributed by atoms with E-state index in [9.17, 15) is 13.2 Å². The van der Waals surface area contributed by atoms with Crippen molar-refractivity contribution >= 4 is 15.9 Å². The predicted octanol–water partition coefficient (Wildman–Crippen LogP) is 1.11. The van der Waals surface area contributed by atoms with Crippen LogP contribution in [0.15, 0.2) is 0 Å². The van der Waals surface area contributed by atoms with Gasteiger partial charge in [0.2, 0.25) is 15.9 Å². The summed E-state index contributed by atoms with van der Waals surface area (Å²) in [4.78, 5) is 12.3. The van der Waals surface area contributed by atoms with Crippen molar-refractivity contribution in [1.82, 2.24) is 9.62 Å². The Bertz CT molecular complexity index is 459. The third-order valence-electron chi connectivity index (χ3n) is 4.25. The van der Waals surface area contributed by atoms with Gasteiger partial charge in [-0.2, -0.15) is 4.31 Å². The second-order valence-corrected chi connectivity index (χ2v) is 8.58. The number of sulfonamides is 1. The molecule has 1 saturated heterocycles. The van der Waals surface area contributed by atoms with Crippen LogP contribution in [0.5, 0.6) is 0 Å². The standard InChI is InChI=1S/C13H24N2O3S/c1-13(2)7-6-10(9-13)14-12(16)11-5-4-8-15(11)19(3,17)18/h10-11H,4-9H2,1-3H3,(H,14,16). The lowest BCUT2D eigenvalue weighted by molar-refractivity contribution is -0.124. The molecular formula is C13H24N2O3S. The van der Waals surface area contributed by atoms with Crippen molar-refractivity contribution in [2.45, 2.75) is 58.0 Å². The summed E-state index contributed by atoms with van der Waals surface area (Å²) in [5.74, 6) is -0.120. The van der Waals surface area contributed by atoms with Crippen molar-refractivity contribution in [3.8, 4) is 0 Å². The molecule has 0 aromatic rings. The highest BCUT2D eigenvalue weighted by molar-refractivity contribution is 7.88. The van der Waals surface area contributed by atoms with Crippen molar-refractivity contribution in [2.24, 2.45) is 5.41 Å². The molecule has 1 aliphatic heterocycles. The summed E-state index contributed by atoms with van der Waals surface area (Å²) in [6.07, 6.45) is 5.65. The normalized spacial score (nSPS) is 31.5. The summed E-state index contributed by atoms with van der Waals surface area (Å²) in [6, 6.07) is -0.303. The summed E-state index contributed by atoms with van der Waals surface area (Å²) in [5.41, 5.74) is 0.282. The fraction of sp³-hybridized carbons (Fsp3) is 0.923. The van der Waals surface area contributed by atoms with Crippen LogP contribution in [-0.2, 0) is 14.8 Å². The molecule has 19 heavy (non-hydrogen) atoms. The molecule has 1 aliphatic carbocycles. The Kier molecular flexibility index (Phi) is 3.93. The molecule has 2 unspecified atom stereocenters. The highest BCUT2D eigenvalue weighted by atomic mass is 32.2. The predicted molar refractivity (Wildman–Crippen MR) is 74.1 cm³/mol. The maximum Gasteiger partial charge on any atom is 0.238 e. The molecule has 110 valence electrons. The topological polar surface area (TPSA) is 66.5 Å². The van der Waals surface area contributed by atoms with Gasteiger partial charge in [0.1, 0.15) is 6.04 Å². The summed E-state index contributed by atoms with van der Waals surface area (Å²) in [6.45, 7) is 4.88. The van der Waals surface area contributed by atoms with Gasteiger partial charge in [0.25, 0.3) is 0 Å². The third kappa shape index (κ3) is 3.48. The molecule has 6 heteroatoms. The molecular weight excluding hydrogens is 264 g/mol. The summed E-state index contributed by atoms with van der Waals surface area (Å²) in [7, 11) is -3.28. The van der Waals surface area contributed by atoms with E-state index >= 15 is 0 Å². The molecule has 2 atom stereocenters. The van der Waals surface area contributed by atoms with E-state index in [1.165, 1.54) is 10.6 Å². The van der Waals surface area contributed by atoms with Crippen LogP contribution >= 0.6 is 0 Å². The summed E-state index contributed by atoms with van der Waals surface area (Å²) < 4.78 is 24.6. The number of carbonyl (C=O) groups excluding carboxylic acids is 1. The van der Waals surface area contributed by atoms with Gasteiger partial charge in [-0.15, -0.1) is 0 Å². The van der Waals surface area contributed by atoms with Crippen LogP contribution < -0.4 is 5.32 Å². The molecule has 0 bridgehead atoms. The van der Waals surface area contributed by atoms with E-state index in [1.807, 2.05) is 0 Å². The van der Waals surface area contributed by atoms with E-state index in [-0.39, 0.29) is 17.4 Å². The van der Waals surface area contributed by atoms with E-state index in [0.717, 1.165) is 25.7 Å². The first-order chi connectivity index (χ1) is 8.69. The monoisotopic (exact) mass is 288 g/mol. The fourth-order valence-electron chi connectivity index (χ4n) is 3.26. The number of carbonyl (C=O) groups is 1. The number of hydrogen-bond acceptors (Lipinski definition) is 3. The maximum absolute atomic E-state index is 12.3. The first-order valence-corrected chi connectivity index (χ1v) is 8.81. The molecule has 0 spiro atoms. The first kappa shape index (κ1) is 14.8. The van der Waals surface area contributed by atoms with Crippen molar-refractivity contribution in [2.75, 3.05) is 12.8 Å². The SMILES string of the molecule is CC1(C)CCC(NC(=O)C2CCCN2S(C)(=O)=O)C1. The molecule has 2 aliphatic rings. The van der Waals surface area contributed by atoms with Gasteiger partial charge < -0.3 is 5.32 Å². The molecule has 1 amide bonds. The number of hydrogen-bond donors (Lipinski definition) is 1. The number of nitrogens with one attached hydrogen (secondary N) is 1. The summed E-state index contributed by atoms with van der Waals surface area (Å²) in [5, 5.41) is 3.03. The van der Waals surface area contributed by atoms with Crippen LogP contribution in [0.3, 0.4) is 0 Å². The maximum atomic E-state index is 12.3. The van der Waals surface area contributed by atoms with Gasteiger partial charge in [0, 0.05) is 12.6 Å². The molecule has 0 aromatic carbocycles. The average Bonchev–Trinajstić information content (AvgIpc) is 2.83. The van der Waals surface area contributed by atoms with Gasteiger partial charge in [0.05, 0.1) is 6.26 Å². The van der Waals surface area contributed by atoms with Crippen molar-refractivity contribution in [1.29, 1.82) is 0 Å². The zero-order chi connectivity index (χ0) is 14.3. The first-order valence-electron chi connectivity index (χ1n) is 6.96. The lowest BCUT2D eigenvalue weighted by Gasteiger charge is -2.24. The van der Waals surface area contributed by atoms with Gasteiger partial charge in [-0.25, -0.2) is 8.42 Å². The molecule has 1 N–H and O–H groups in total. The lowest BCUT2D eigenvalue weighted by Crippen LogP contribution is -2.48. The van der Waals surface area contributed by atoms with E-state index in [2.05, 4.69) is 19.2 Å². The van der Waals surface area contributed by atoms with Crippen molar-refractivity contribution < 1.29 is 13.2 Å². The smallest absolute Gasteiger partial charge is 0.238 e. The van der Waals surface area contributed by atoms with Crippen LogP contribution in [-0.4, -0.2) is 43.5 Å². The largest absolute Gasteiger partial charge is 0.352 e. The van der Waals surface area contributed by atoms with Crippen molar-refractivity contribution in [3.05, 3.63) is 0 Å². The molecule has 2 rings (SSSR count). The number of rotatable bonds is 3. The highest BCUT2D eigenvalue weighted by Gasteiger charge is 2.38. The quantitative estimate of drug-likeness (QED) is 0.846. The molecule has 1 saturated carbocycles. The Balaban J connectivity index is 1.97. The second-order valence-electron chi connectivity index (χ2n) is 6.64.